The van der Waals surface area contributed by atoms with Crippen molar-refractivity contribution in [2.75, 3.05) is 0 Å². The predicted octanol–water partition coefficient (Wildman–Crippen LogP) is 3.12. The van der Waals surface area contributed by atoms with Crippen LogP contribution in [0.5, 0.6) is 0 Å². The zero-order valence-corrected chi connectivity index (χ0v) is 11.5. The van der Waals surface area contributed by atoms with Crippen LogP contribution in [0.15, 0.2) is 29.2 Å². The van der Waals surface area contributed by atoms with Crippen molar-refractivity contribution in [3.63, 3.8) is 0 Å². The highest BCUT2D eigenvalue weighted by Gasteiger charge is 2.22. The van der Waals surface area contributed by atoms with Crippen LogP contribution in [0.2, 0.25) is 0 Å². The Labute approximate surface area is 111 Å². The van der Waals surface area contributed by atoms with Crippen LogP contribution in [-0.2, 0) is 10.2 Å². The maximum atomic E-state index is 11.5. The van der Waals surface area contributed by atoms with Gasteiger partial charge in [-0.25, -0.2) is 0 Å². The molecule has 0 saturated carbocycles. The second-order valence-corrected chi connectivity index (χ2v) is 6.32. The lowest BCUT2D eigenvalue weighted by atomic mass is 9.87. The molecule has 0 atom stereocenters. The van der Waals surface area contributed by atoms with Crippen LogP contribution in [0.1, 0.15) is 31.9 Å². The molecule has 2 rings (SSSR count). The Morgan fingerprint density at radius 3 is 2.28 bits per heavy atom. The van der Waals surface area contributed by atoms with Gasteiger partial charge in [0, 0.05) is 0 Å². The molecule has 0 radical (unpaired) electrons. The summed E-state index contributed by atoms with van der Waals surface area (Å²) in [6, 6.07) is 8.16. The van der Waals surface area contributed by atoms with Crippen molar-refractivity contribution < 1.29 is 4.79 Å². The Bertz CT molecular complexity index is 524. The van der Waals surface area contributed by atoms with Gasteiger partial charge >= 0.3 is 0 Å². The molecule has 3 nitrogen and oxygen atoms in total. The average Bonchev–Trinajstić information content (AvgIpc) is 2.57. The third kappa shape index (κ3) is 2.82. The number of hydrogen-bond acceptors (Lipinski definition) is 3. The van der Waals surface area contributed by atoms with Crippen molar-refractivity contribution in [1.29, 1.82) is 5.41 Å². The molecule has 18 heavy (non-hydrogen) atoms. The van der Waals surface area contributed by atoms with Gasteiger partial charge in [-0.05, 0) is 34.4 Å². The average molecular weight is 260 g/mol. The summed E-state index contributed by atoms with van der Waals surface area (Å²) in [5.74, 6) is -0.190. The summed E-state index contributed by atoms with van der Waals surface area (Å²) in [7, 11) is 0. The molecule has 94 valence electrons. The Balaban J connectivity index is 2.24. The van der Waals surface area contributed by atoms with Gasteiger partial charge in [0.1, 0.15) is 0 Å². The highest BCUT2D eigenvalue weighted by atomic mass is 32.2. The van der Waals surface area contributed by atoms with E-state index in [1.165, 1.54) is 5.56 Å². The van der Waals surface area contributed by atoms with Gasteiger partial charge in [0.05, 0.1) is 4.91 Å². The fourth-order valence-electron chi connectivity index (χ4n) is 1.67. The standard InChI is InChI=1S/C14H16N2OS/c1-14(2,3)10-6-4-9(5-7-10)8-11-12(17)16-13(15)18-11/h4-8H,1-3H3,(H2,15,16,17)/b11-8-. The van der Waals surface area contributed by atoms with Gasteiger partial charge in [-0.1, -0.05) is 45.0 Å². The number of nitrogens with one attached hydrogen (secondary N) is 2. The maximum absolute atomic E-state index is 11.5. The van der Waals surface area contributed by atoms with E-state index in [1.807, 2.05) is 18.2 Å². The Morgan fingerprint density at radius 2 is 1.83 bits per heavy atom. The first-order valence-corrected chi connectivity index (χ1v) is 6.58. The smallest absolute Gasteiger partial charge is 0.264 e. The van der Waals surface area contributed by atoms with Gasteiger partial charge in [0.25, 0.3) is 5.91 Å². The molecule has 4 heteroatoms. The van der Waals surface area contributed by atoms with Gasteiger partial charge < -0.3 is 5.32 Å². The van der Waals surface area contributed by atoms with E-state index in [0.29, 0.717) is 4.91 Å². The van der Waals surface area contributed by atoms with E-state index in [9.17, 15) is 4.79 Å². The topological polar surface area (TPSA) is 53.0 Å². The quantitative estimate of drug-likeness (QED) is 0.762. The molecule has 0 spiro atoms. The third-order valence-electron chi connectivity index (χ3n) is 2.74. The number of benzene rings is 1. The summed E-state index contributed by atoms with van der Waals surface area (Å²) in [6.45, 7) is 6.51. The number of carbonyl (C=O) groups excluding carboxylic acids is 1. The summed E-state index contributed by atoms with van der Waals surface area (Å²) < 4.78 is 0. The summed E-state index contributed by atoms with van der Waals surface area (Å²) in [6.07, 6.45) is 1.81. The SMILES string of the molecule is CC(C)(C)c1ccc(/C=C2\SC(=N)NC2=O)cc1. The van der Waals surface area contributed by atoms with Crippen molar-refractivity contribution in [2.24, 2.45) is 0 Å². The molecule has 1 aliphatic heterocycles. The van der Waals surface area contributed by atoms with Crippen LogP contribution in [0.4, 0.5) is 0 Å². The van der Waals surface area contributed by atoms with E-state index in [-0.39, 0.29) is 16.5 Å². The second kappa shape index (κ2) is 4.61. The zero-order chi connectivity index (χ0) is 13.3. The molecule has 0 aliphatic carbocycles. The van der Waals surface area contributed by atoms with E-state index in [1.54, 1.807) is 0 Å². The minimum absolute atomic E-state index is 0.132. The number of hydrogen-bond donors (Lipinski definition) is 2. The molecule has 2 N–H and O–H groups in total. The molecule has 1 heterocycles. The fourth-order valence-corrected chi connectivity index (χ4v) is 2.37. The lowest BCUT2D eigenvalue weighted by Gasteiger charge is -2.18. The predicted molar refractivity (Wildman–Crippen MR) is 76.6 cm³/mol. The van der Waals surface area contributed by atoms with E-state index >= 15 is 0 Å². The first-order valence-electron chi connectivity index (χ1n) is 5.76. The largest absolute Gasteiger partial charge is 0.301 e. The molecule has 0 unspecified atom stereocenters. The molecule has 0 aromatic heterocycles. The van der Waals surface area contributed by atoms with Crippen LogP contribution < -0.4 is 5.32 Å². The first kappa shape index (κ1) is 12.9. The van der Waals surface area contributed by atoms with Crippen molar-refractivity contribution in [2.45, 2.75) is 26.2 Å². The minimum atomic E-state index is -0.190. The van der Waals surface area contributed by atoms with Crippen LogP contribution in [0.25, 0.3) is 6.08 Å². The third-order valence-corrected chi connectivity index (χ3v) is 3.57. The van der Waals surface area contributed by atoms with Crippen molar-refractivity contribution in [3.05, 3.63) is 40.3 Å². The van der Waals surface area contributed by atoms with Gasteiger partial charge in [-0.15, -0.1) is 0 Å². The maximum Gasteiger partial charge on any atom is 0.264 e. The van der Waals surface area contributed by atoms with Crippen molar-refractivity contribution >= 4 is 28.9 Å². The lowest BCUT2D eigenvalue weighted by molar-refractivity contribution is -0.115. The highest BCUT2D eigenvalue weighted by Crippen LogP contribution is 2.26. The number of thioether (sulfide) groups is 1. The number of amidine groups is 1. The minimum Gasteiger partial charge on any atom is -0.301 e. The normalized spacial score (nSPS) is 18.3. The Kier molecular flexibility index (Phi) is 3.30. The lowest BCUT2D eigenvalue weighted by Crippen LogP contribution is -2.18. The summed E-state index contributed by atoms with van der Waals surface area (Å²) in [5, 5.41) is 10.0. The molecule has 1 aromatic rings. The molecular formula is C14H16N2OS. The van der Waals surface area contributed by atoms with E-state index in [4.69, 9.17) is 5.41 Å². The van der Waals surface area contributed by atoms with Crippen LogP contribution in [0.3, 0.4) is 0 Å². The van der Waals surface area contributed by atoms with Gasteiger partial charge in [-0.3, -0.25) is 10.2 Å². The summed E-state index contributed by atoms with van der Waals surface area (Å²) in [4.78, 5) is 12.0. The van der Waals surface area contributed by atoms with Crippen LogP contribution >= 0.6 is 11.8 Å². The van der Waals surface area contributed by atoms with Gasteiger partial charge in [-0.2, -0.15) is 0 Å². The molecule has 0 bridgehead atoms. The zero-order valence-electron chi connectivity index (χ0n) is 10.7. The summed E-state index contributed by atoms with van der Waals surface area (Å²) in [5.41, 5.74) is 2.38. The molecule has 1 aromatic carbocycles. The van der Waals surface area contributed by atoms with E-state index in [0.717, 1.165) is 17.3 Å². The highest BCUT2D eigenvalue weighted by molar-refractivity contribution is 8.18. The van der Waals surface area contributed by atoms with Gasteiger partial charge in [0.2, 0.25) is 0 Å². The molecule has 1 saturated heterocycles. The van der Waals surface area contributed by atoms with Gasteiger partial charge in [0.15, 0.2) is 5.17 Å². The van der Waals surface area contributed by atoms with E-state index in [2.05, 4.69) is 38.2 Å². The fraction of sp³-hybridized carbons (Fsp3) is 0.286. The number of rotatable bonds is 1. The van der Waals surface area contributed by atoms with Crippen LogP contribution in [0, 0.1) is 5.41 Å². The molecule has 1 aliphatic rings. The monoisotopic (exact) mass is 260 g/mol. The molecule has 1 fully saturated rings. The first-order chi connectivity index (χ1) is 8.36. The summed E-state index contributed by atoms with van der Waals surface area (Å²) >= 11 is 1.16. The van der Waals surface area contributed by atoms with Crippen molar-refractivity contribution in [3.8, 4) is 0 Å². The molecule has 1 amide bonds. The number of amides is 1. The van der Waals surface area contributed by atoms with Crippen molar-refractivity contribution in [1.82, 2.24) is 5.32 Å². The Morgan fingerprint density at radius 1 is 1.22 bits per heavy atom. The van der Waals surface area contributed by atoms with E-state index < -0.39 is 0 Å². The molecular weight excluding hydrogens is 244 g/mol. The second-order valence-electron chi connectivity index (χ2n) is 5.27. The Hall–Kier alpha value is -1.55. The van der Waals surface area contributed by atoms with Crippen LogP contribution in [-0.4, -0.2) is 11.1 Å². The number of carbonyl (C=O) groups is 1.